The standard InChI is InChI=1S/C11H16N2O5.Na.H/c1-2-11(5-8(14)15,7-18-6-9(16)17)10-12-3-4-13-10;;/h2H,1,3-7H2,(H,12,13)(H,14,15)(H,16,17);;/q;+1;-1. The number of nitrogens with zero attached hydrogens (tertiary/aromatic N) is 1. The molecule has 0 aliphatic carbocycles. The smallest absolute Gasteiger partial charge is 1.00 e. The second-order valence-corrected chi connectivity index (χ2v) is 3.97. The third kappa shape index (κ3) is 5.32. The number of carbonyl (C=O) groups is 2. The summed E-state index contributed by atoms with van der Waals surface area (Å²) >= 11 is 0. The van der Waals surface area contributed by atoms with E-state index in [1.54, 1.807) is 0 Å². The third-order valence-electron chi connectivity index (χ3n) is 2.59. The number of carboxylic acids is 2. The summed E-state index contributed by atoms with van der Waals surface area (Å²) in [6, 6.07) is 0. The van der Waals surface area contributed by atoms with Gasteiger partial charge in [-0.25, -0.2) is 4.79 Å². The van der Waals surface area contributed by atoms with Crippen molar-refractivity contribution in [2.75, 3.05) is 26.3 Å². The molecule has 1 aliphatic rings. The number of aliphatic imine (C=N–C) groups is 1. The van der Waals surface area contributed by atoms with E-state index in [4.69, 9.17) is 14.9 Å². The number of hydrogen-bond donors (Lipinski definition) is 3. The normalized spacial score (nSPS) is 16.5. The van der Waals surface area contributed by atoms with E-state index < -0.39 is 24.0 Å². The minimum absolute atomic E-state index is 0. The maximum absolute atomic E-state index is 10.9. The summed E-state index contributed by atoms with van der Waals surface area (Å²) in [5.74, 6) is -1.64. The van der Waals surface area contributed by atoms with Crippen LogP contribution in [-0.2, 0) is 14.3 Å². The van der Waals surface area contributed by atoms with Gasteiger partial charge in [-0.3, -0.25) is 9.79 Å². The van der Waals surface area contributed by atoms with Crippen LogP contribution in [0.2, 0.25) is 0 Å². The zero-order valence-electron chi connectivity index (χ0n) is 11.9. The SMILES string of the molecule is C=CC(COCC(=O)O)(CC(=O)O)C1=NCCN1.[H-].[Na+]. The van der Waals surface area contributed by atoms with Crippen LogP contribution in [0.3, 0.4) is 0 Å². The second-order valence-electron chi connectivity index (χ2n) is 3.97. The first-order valence-electron chi connectivity index (χ1n) is 5.44. The summed E-state index contributed by atoms with van der Waals surface area (Å²) in [7, 11) is 0. The summed E-state index contributed by atoms with van der Waals surface area (Å²) in [6.07, 6.45) is 1.20. The van der Waals surface area contributed by atoms with Crippen molar-refractivity contribution >= 4 is 17.8 Å². The fourth-order valence-electron chi connectivity index (χ4n) is 1.75. The van der Waals surface area contributed by atoms with E-state index >= 15 is 0 Å². The summed E-state index contributed by atoms with van der Waals surface area (Å²) in [5, 5.41) is 20.4. The van der Waals surface area contributed by atoms with Gasteiger partial charge in [-0.1, -0.05) is 6.08 Å². The van der Waals surface area contributed by atoms with Crippen LogP contribution in [0.4, 0.5) is 0 Å². The molecule has 0 saturated carbocycles. The molecule has 1 atom stereocenters. The zero-order chi connectivity index (χ0) is 13.6. The number of rotatable bonds is 8. The quantitative estimate of drug-likeness (QED) is 0.320. The summed E-state index contributed by atoms with van der Waals surface area (Å²) < 4.78 is 5.01. The van der Waals surface area contributed by atoms with Crippen LogP contribution >= 0.6 is 0 Å². The largest absolute Gasteiger partial charge is 1.00 e. The third-order valence-corrected chi connectivity index (χ3v) is 2.59. The Bertz CT molecular complexity index is 391. The van der Waals surface area contributed by atoms with Crippen molar-refractivity contribution in [1.29, 1.82) is 0 Å². The van der Waals surface area contributed by atoms with Crippen LogP contribution in [0.5, 0.6) is 0 Å². The van der Waals surface area contributed by atoms with Crippen LogP contribution in [0.15, 0.2) is 17.6 Å². The number of ether oxygens (including phenoxy) is 1. The van der Waals surface area contributed by atoms with E-state index in [0.29, 0.717) is 18.9 Å². The Morgan fingerprint density at radius 3 is 2.63 bits per heavy atom. The molecule has 0 saturated heterocycles. The van der Waals surface area contributed by atoms with Gasteiger partial charge in [0.15, 0.2) is 0 Å². The minimum Gasteiger partial charge on any atom is -1.00 e. The Kier molecular flexibility index (Phi) is 7.93. The van der Waals surface area contributed by atoms with Gasteiger partial charge in [-0.05, 0) is 0 Å². The molecule has 102 valence electrons. The van der Waals surface area contributed by atoms with Gasteiger partial charge in [0.25, 0.3) is 0 Å². The topological polar surface area (TPSA) is 108 Å². The van der Waals surface area contributed by atoms with Crippen LogP contribution < -0.4 is 34.9 Å². The molecule has 0 amide bonds. The molecule has 7 nitrogen and oxygen atoms in total. The fraction of sp³-hybridized carbons (Fsp3) is 0.545. The molecule has 0 aromatic heterocycles. The minimum atomic E-state index is -1.11. The first-order valence-corrected chi connectivity index (χ1v) is 5.44. The van der Waals surface area contributed by atoms with E-state index in [2.05, 4.69) is 16.9 Å². The predicted molar refractivity (Wildman–Crippen MR) is 64.8 cm³/mol. The molecule has 0 fully saturated rings. The molecule has 0 radical (unpaired) electrons. The first kappa shape index (κ1) is 18.1. The van der Waals surface area contributed by atoms with Gasteiger partial charge in [0, 0.05) is 6.54 Å². The van der Waals surface area contributed by atoms with E-state index in [1.165, 1.54) is 6.08 Å². The Morgan fingerprint density at radius 1 is 1.53 bits per heavy atom. The van der Waals surface area contributed by atoms with Crippen molar-refractivity contribution in [3.05, 3.63) is 12.7 Å². The van der Waals surface area contributed by atoms with E-state index in [-0.39, 0.29) is 44.0 Å². The number of carboxylic acid groups (broad SMARTS) is 2. The number of aliphatic carboxylic acids is 2. The Balaban J connectivity index is 0. The second kappa shape index (κ2) is 8.31. The first-order chi connectivity index (χ1) is 8.50. The van der Waals surface area contributed by atoms with Crippen LogP contribution in [0, 0.1) is 5.41 Å². The number of hydrogen-bond acceptors (Lipinski definition) is 5. The zero-order valence-corrected chi connectivity index (χ0v) is 12.9. The summed E-state index contributed by atoms with van der Waals surface area (Å²) in [4.78, 5) is 25.5. The molecule has 0 aromatic rings. The molecule has 8 heteroatoms. The summed E-state index contributed by atoms with van der Waals surface area (Å²) in [6.45, 7) is 4.24. The molecule has 1 rings (SSSR count). The van der Waals surface area contributed by atoms with Crippen molar-refractivity contribution in [2.45, 2.75) is 6.42 Å². The van der Waals surface area contributed by atoms with Gasteiger partial charge in [0.05, 0.1) is 25.0 Å². The average Bonchev–Trinajstić information content (AvgIpc) is 2.80. The Morgan fingerprint density at radius 2 is 2.21 bits per heavy atom. The van der Waals surface area contributed by atoms with Gasteiger partial charge in [0.2, 0.25) is 0 Å². The molecule has 0 spiro atoms. The van der Waals surface area contributed by atoms with Gasteiger partial charge < -0.3 is 21.7 Å². The summed E-state index contributed by atoms with van der Waals surface area (Å²) in [5.41, 5.74) is -1.00. The van der Waals surface area contributed by atoms with Crippen molar-refractivity contribution in [3.8, 4) is 0 Å². The molecule has 1 unspecified atom stereocenters. The van der Waals surface area contributed by atoms with Crippen molar-refractivity contribution in [2.24, 2.45) is 10.4 Å². The van der Waals surface area contributed by atoms with Crippen LogP contribution in [0.1, 0.15) is 7.85 Å². The van der Waals surface area contributed by atoms with Gasteiger partial charge in [0.1, 0.15) is 12.4 Å². The van der Waals surface area contributed by atoms with E-state index in [1.807, 2.05) is 0 Å². The number of nitrogens with one attached hydrogen (secondary N) is 1. The fourth-order valence-corrected chi connectivity index (χ4v) is 1.75. The van der Waals surface area contributed by atoms with Gasteiger partial charge >= 0.3 is 41.5 Å². The molecule has 0 bridgehead atoms. The van der Waals surface area contributed by atoms with Crippen molar-refractivity contribution in [3.63, 3.8) is 0 Å². The maximum atomic E-state index is 10.9. The molecule has 19 heavy (non-hydrogen) atoms. The molecule has 3 N–H and O–H groups in total. The monoisotopic (exact) mass is 280 g/mol. The van der Waals surface area contributed by atoms with E-state index in [0.717, 1.165) is 0 Å². The molecular weight excluding hydrogens is 263 g/mol. The van der Waals surface area contributed by atoms with E-state index in [9.17, 15) is 9.59 Å². The molecular formula is C11H17N2NaO5. The van der Waals surface area contributed by atoms with Gasteiger partial charge in [-0.2, -0.15) is 0 Å². The Hall–Kier alpha value is -0.890. The maximum Gasteiger partial charge on any atom is 1.00 e. The van der Waals surface area contributed by atoms with Gasteiger partial charge in [-0.15, -0.1) is 6.58 Å². The molecule has 1 aliphatic heterocycles. The van der Waals surface area contributed by atoms with Crippen LogP contribution in [0.25, 0.3) is 0 Å². The van der Waals surface area contributed by atoms with Crippen molar-refractivity contribution < 1.29 is 55.5 Å². The molecule has 1 heterocycles. The number of amidine groups is 1. The molecule has 0 aromatic carbocycles. The predicted octanol–water partition coefficient (Wildman–Crippen LogP) is -3.15. The Labute approximate surface area is 134 Å². The van der Waals surface area contributed by atoms with Crippen molar-refractivity contribution in [1.82, 2.24) is 5.32 Å². The average molecular weight is 280 g/mol. The van der Waals surface area contributed by atoms with Crippen LogP contribution in [-0.4, -0.2) is 54.3 Å².